The van der Waals surface area contributed by atoms with Gasteiger partial charge in [-0.3, -0.25) is 4.79 Å². The third-order valence-electron chi connectivity index (χ3n) is 4.30. The first kappa shape index (κ1) is 17.3. The molecule has 2 aromatic heterocycles. The third kappa shape index (κ3) is 3.57. The Balaban J connectivity index is 1.54. The van der Waals surface area contributed by atoms with E-state index >= 15 is 0 Å². The number of nitrogens with zero attached hydrogens (tertiary/aromatic N) is 2. The van der Waals surface area contributed by atoms with E-state index < -0.39 is 0 Å². The van der Waals surface area contributed by atoms with Crippen molar-refractivity contribution in [3.05, 3.63) is 100 Å². The van der Waals surface area contributed by atoms with Crippen LogP contribution in [0.3, 0.4) is 0 Å². The van der Waals surface area contributed by atoms with Gasteiger partial charge in [-0.25, -0.2) is 4.98 Å². The first-order valence-electron chi connectivity index (χ1n) is 8.57. The van der Waals surface area contributed by atoms with E-state index in [-0.39, 0.29) is 5.78 Å². The number of hydrogen-bond acceptors (Lipinski definition) is 3. The summed E-state index contributed by atoms with van der Waals surface area (Å²) in [6.45, 7) is 2.24. The highest BCUT2D eigenvalue weighted by Crippen LogP contribution is 2.24. The number of aryl methyl sites for hydroxylation is 1. The quantitative estimate of drug-likeness (QED) is 0.455. The second-order valence-corrected chi connectivity index (χ2v) is 6.68. The van der Waals surface area contributed by atoms with Crippen LogP contribution in [0, 0.1) is 6.92 Å². The summed E-state index contributed by atoms with van der Waals surface area (Å²) >= 11 is 6.40. The predicted molar refractivity (Wildman–Crippen MR) is 106 cm³/mol. The molecule has 4 aromatic rings. The molecule has 2 aromatic carbocycles. The number of ether oxygens (including phenoxy) is 1. The number of pyridine rings is 1. The Morgan fingerprint density at radius 2 is 1.89 bits per heavy atom. The minimum absolute atomic E-state index is 0.0532. The van der Waals surface area contributed by atoms with Crippen LogP contribution >= 0.6 is 11.6 Å². The summed E-state index contributed by atoms with van der Waals surface area (Å²) in [5.41, 5.74) is 3.70. The fourth-order valence-corrected chi connectivity index (χ4v) is 3.17. The Kier molecular flexibility index (Phi) is 4.65. The van der Waals surface area contributed by atoms with Crippen molar-refractivity contribution >= 4 is 23.0 Å². The maximum atomic E-state index is 12.5. The van der Waals surface area contributed by atoms with Gasteiger partial charge in [0, 0.05) is 34.1 Å². The molecule has 0 bridgehead atoms. The molecule has 27 heavy (non-hydrogen) atoms. The maximum Gasteiger partial charge on any atom is 0.193 e. The van der Waals surface area contributed by atoms with Gasteiger partial charge in [-0.05, 0) is 25.1 Å². The van der Waals surface area contributed by atoms with E-state index in [4.69, 9.17) is 16.3 Å². The van der Waals surface area contributed by atoms with Gasteiger partial charge in [0.15, 0.2) is 17.2 Å². The van der Waals surface area contributed by atoms with Gasteiger partial charge >= 0.3 is 0 Å². The van der Waals surface area contributed by atoms with Gasteiger partial charge in [0.25, 0.3) is 0 Å². The van der Waals surface area contributed by atoms with Crippen molar-refractivity contribution in [3.8, 4) is 5.75 Å². The normalized spacial score (nSPS) is 10.9. The molecule has 0 N–H and O–H groups in total. The highest BCUT2D eigenvalue weighted by atomic mass is 35.5. The van der Waals surface area contributed by atoms with Gasteiger partial charge in [0.05, 0.1) is 5.69 Å². The van der Waals surface area contributed by atoms with Crippen LogP contribution in [0.15, 0.2) is 73.1 Å². The number of aromatic nitrogens is 2. The lowest BCUT2D eigenvalue weighted by Gasteiger charge is -2.10. The molecule has 0 aliphatic heterocycles. The molecular formula is C22H17ClN2O2. The summed E-state index contributed by atoms with van der Waals surface area (Å²) in [5, 5.41) is 0.503. The molecule has 4 nitrogen and oxygen atoms in total. The summed E-state index contributed by atoms with van der Waals surface area (Å²) in [4.78, 5) is 17.0. The Morgan fingerprint density at radius 1 is 1.07 bits per heavy atom. The highest BCUT2D eigenvalue weighted by Gasteiger charge is 2.12. The lowest BCUT2D eigenvalue weighted by molar-refractivity contribution is 0.103. The predicted octanol–water partition coefficient (Wildman–Crippen LogP) is 5.11. The fourth-order valence-electron chi connectivity index (χ4n) is 2.94. The summed E-state index contributed by atoms with van der Waals surface area (Å²) in [6, 6.07) is 18.2. The first-order chi connectivity index (χ1) is 13.1. The Bertz CT molecular complexity index is 1120. The number of halogens is 1. The number of rotatable bonds is 5. The Hall–Kier alpha value is -3.11. The van der Waals surface area contributed by atoms with Crippen LogP contribution < -0.4 is 4.74 Å². The number of carbonyl (C=O) groups is 1. The van der Waals surface area contributed by atoms with Crippen LogP contribution in [0.25, 0.3) is 5.65 Å². The van der Waals surface area contributed by atoms with Crippen molar-refractivity contribution in [3.63, 3.8) is 0 Å². The zero-order chi connectivity index (χ0) is 18.8. The molecule has 0 aliphatic rings. The van der Waals surface area contributed by atoms with E-state index in [0.29, 0.717) is 28.5 Å². The number of fused-ring (bicyclic) bond motifs is 1. The lowest BCUT2D eigenvalue weighted by atomic mass is 10.0. The van der Waals surface area contributed by atoms with Crippen LogP contribution in [0.5, 0.6) is 5.75 Å². The van der Waals surface area contributed by atoms with Gasteiger partial charge in [-0.2, -0.15) is 0 Å². The molecule has 0 radical (unpaired) electrons. The minimum atomic E-state index is -0.0532. The van der Waals surface area contributed by atoms with E-state index in [2.05, 4.69) is 4.98 Å². The van der Waals surface area contributed by atoms with E-state index in [1.807, 2.05) is 60.1 Å². The van der Waals surface area contributed by atoms with Gasteiger partial charge < -0.3 is 9.14 Å². The lowest BCUT2D eigenvalue weighted by Crippen LogP contribution is -2.03. The van der Waals surface area contributed by atoms with Gasteiger partial charge in [0.2, 0.25) is 0 Å². The average molecular weight is 377 g/mol. The molecule has 0 fully saturated rings. The number of hydrogen-bond donors (Lipinski definition) is 0. The number of carbonyl (C=O) groups excluding carboxylic acids is 1. The molecule has 0 unspecified atom stereocenters. The fraction of sp³-hybridized carbons (Fsp3) is 0.0909. The second-order valence-electron chi connectivity index (χ2n) is 6.28. The highest BCUT2D eigenvalue weighted by molar-refractivity contribution is 6.32. The van der Waals surface area contributed by atoms with Crippen molar-refractivity contribution in [2.75, 3.05) is 0 Å². The summed E-state index contributed by atoms with van der Waals surface area (Å²) < 4.78 is 7.86. The zero-order valence-electron chi connectivity index (χ0n) is 14.7. The SMILES string of the molecule is Cc1cn2cccc(OCc3ccc(C(=O)c4ccccc4)cc3Cl)c2n1. The van der Waals surface area contributed by atoms with E-state index in [0.717, 1.165) is 16.9 Å². The second kappa shape index (κ2) is 7.25. The largest absolute Gasteiger partial charge is 0.485 e. The van der Waals surface area contributed by atoms with Crippen LogP contribution in [0.4, 0.5) is 0 Å². The summed E-state index contributed by atoms with van der Waals surface area (Å²) in [5.74, 6) is 0.633. The molecule has 134 valence electrons. The maximum absolute atomic E-state index is 12.5. The monoisotopic (exact) mass is 376 g/mol. The van der Waals surface area contributed by atoms with Gasteiger partial charge in [-0.1, -0.05) is 54.1 Å². The first-order valence-corrected chi connectivity index (χ1v) is 8.95. The molecule has 0 amide bonds. The zero-order valence-corrected chi connectivity index (χ0v) is 15.5. The van der Waals surface area contributed by atoms with E-state index in [9.17, 15) is 4.79 Å². The van der Waals surface area contributed by atoms with Crippen LogP contribution in [-0.4, -0.2) is 15.2 Å². The molecule has 0 saturated heterocycles. The Morgan fingerprint density at radius 3 is 2.67 bits per heavy atom. The van der Waals surface area contributed by atoms with Gasteiger partial charge in [0.1, 0.15) is 6.61 Å². The van der Waals surface area contributed by atoms with Crippen LogP contribution in [0.2, 0.25) is 5.02 Å². The van der Waals surface area contributed by atoms with Crippen LogP contribution in [0.1, 0.15) is 27.2 Å². The summed E-state index contributed by atoms with van der Waals surface area (Å²) in [7, 11) is 0. The van der Waals surface area contributed by atoms with Crippen molar-refractivity contribution in [2.45, 2.75) is 13.5 Å². The smallest absolute Gasteiger partial charge is 0.193 e. The Labute approximate surface area is 162 Å². The topological polar surface area (TPSA) is 43.6 Å². The van der Waals surface area contributed by atoms with Crippen LogP contribution in [-0.2, 0) is 6.61 Å². The van der Waals surface area contributed by atoms with Crippen molar-refractivity contribution in [1.82, 2.24) is 9.38 Å². The standard InChI is InChI=1S/C22H17ClN2O2/c1-15-13-25-11-5-8-20(22(25)24-15)27-14-18-10-9-17(12-19(18)23)21(26)16-6-3-2-4-7-16/h2-13H,14H2,1H3. The minimum Gasteiger partial charge on any atom is -0.485 e. The van der Waals surface area contributed by atoms with Gasteiger partial charge in [-0.15, -0.1) is 0 Å². The summed E-state index contributed by atoms with van der Waals surface area (Å²) in [6.07, 6.45) is 3.87. The van der Waals surface area contributed by atoms with Crippen molar-refractivity contribution in [2.24, 2.45) is 0 Å². The average Bonchev–Trinajstić information content (AvgIpc) is 3.08. The molecule has 0 aliphatic carbocycles. The van der Waals surface area contributed by atoms with Crippen molar-refractivity contribution in [1.29, 1.82) is 0 Å². The molecule has 5 heteroatoms. The molecule has 0 saturated carbocycles. The van der Waals surface area contributed by atoms with E-state index in [1.54, 1.807) is 24.3 Å². The molecule has 0 spiro atoms. The molecule has 4 rings (SSSR count). The van der Waals surface area contributed by atoms with E-state index in [1.165, 1.54) is 0 Å². The number of ketones is 1. The molecule has 0 atom stereocenters. The third-order valence-corrected chi connectivity index (χ3v) is 4.65. The number of benzene rings is 2. The number of imidazole rings is 1. The molecular weight excluding hydrogens is 360 g/mol. The molecule has 2 heterocycles. The van der Waals surface area contributed by atoms with Crippen molar-refractivity contribution < 1.29 is 9.53 Å².